The Morgan fingerprint density at radius 3 is 3.10 bits per heavy atom. The van der Waals surface area contributed by atoms with Crippen molar-refractivity contribution in [3.8, 4) is 5.75 Å². The minimum absolute atomic E-state index is 0.216. The maximum atomic E-state index is 5.68. The number of hydrogen-bond donors (Lipinski definition) is 1. The van der Waals surface area contributed by atoms with Crippen LogP contribution in [-0.2, 0) is 0 Å². The van der Waals surface area contributed by atoms with Crippen molar-refractivity contribution >= 4 is 16.8 Å². The second-order valence-electron chi connectivity index (χ2n) is 4.86. The van der Waals surface area contributed by atoms with Crippen LogP contribution in [0, 0.1) is 0 Å². The minimum atomic E-state index is 0.216. The molecule has 1 atom stereocenters. The van der Waals surface area contributed by atoms with Crippen LogP contribution in [0.4, 0.5) is 5.82 Å². The maximum absolute atomic E-state index is 5.68. The Hall–Kier alpha value is -2.49. The van der Waals surface area contributed by atoms with E-state index in [-0.39, 0.29) is 6.04 Å². The molecule has 1 aliphatic heterocycles. The van der Waals surface area contributed by atoms with Gasteiger partial charge in [0.15, 0.2) is 0 Å². The number of hydrogen-bond acceptors (Lipinski definition) is 4. The number of para-hydroxylation sites is 1. The average Bonchev–Trinajstić information content (AvgIpc) is 2.97. The van der Waals surface area contributed by atoms with E-state index in [9.17, 15) is 0 Å². The summed E-state index contributed by atoms with van der Waals surface area (Å²) in [5.74, 6) is 1.81. The Bertz CT molecular complexity index is 751. The minimum Gasteiger partial charge on any atom is -0.493 e. The molecule has 0 aliphatic carbocycles. The molecule has 0 saturated carbocycles. The van der Waals surface area contributed by atoms with E-state index < -0.39 is 0 Å². The summed E-state index contributed by atoms with van der Waals surface area (Å²) < 4.78 is 11.1. The Morgan fingerprint density at radius 1 is 1.15 bits per heavy atom. The van der Waals surface area contributed by atoms with Crippen molar-refractivity contribution < 1.29 is 9.15 Å². The third-order valence-corrected chi connectivity index (χ3v) is 3.65. The second kappa shape index (κ2) is 4.56. The van der Waals surface area contributed by atoms with Crippen molar-refractivity contribution in [2.24, 2.45) is 0 Å². The summed E-state index contributed by atoms with van der Waals surface area (Å²) in [5, 5.41) is 4.53. The van der Waals surface area contributed by atoms with Crippen LogP contribution in [0.2, 0.25) is 0 Å². The molecule has 4 nitrogen and oxygen atoms in total. The molecule has 3 heterocycles. The van der Waals surface area contributed by atoms with E-state index in [4.69, 9.17) is 9.15 Å². The molecular formula is C16H14N2O2. The Labute approximate surface area is 116 Å². The van der Waals surface area contributed by atoms with E-state index in [1.807, 2.05) is 30.3 Å². The highest BCUT2D eigenvalue weighted by Crippen LogP contribution is 2.35. The van der Waals surface area contributed by atoms with Gasteiger partial charge >= 0.3 is 0 Å². The quantitative estimate of drug-likeness (QED) is 0.767. The van der Waals surface area contributed by atoms with E-state index in [2.05, 4.69) is 16.4 Å². The molecule has 20 heavy (non-hydrogen) atoms. The molecule has 0 saturated heterocycles. The number of aromatic nitrogens is 1. The standard InChI is InChI=1S/C16H14N2O2/c1-2-4-14-11(3-1)13(7-10-20-14)18-16-12-6-9-19-15(12)5-8-17-16/h1-6,8-9,13H,7,10H2,(H,17,18). The molecule has 2 aromatic heterocycles. The van der Waals surface area contributed by atoms with Crippen LogP contribution >= 0.6 is 0 Å². The highest BCUT2D eigenvalue weighted by atomic mass is 16.5. The molecule has 1 aliphatic rings. The first-order chi connectivity index (χ1) is 9.92. The molecule has 1 N–H and O–H groups in total. The monoisotopic (exact) mass is 266 g/mol. The molecule has 0 spiro atoms. The van der Waals surface area contributed by atoms with E-state index >= 15 is 0 Å². The lowest BCUT2D eigenvalue weighted by atomic mass is 10.0. The third kappa shape index (κ3) is 1.81. The van der Waals surface area contributed by atoms with Gasteiger partial charge in [-0.2, -0.15) is 0 Å². The van der Waals surface area contributed by atoms with Gasteiger partial charge in [-0.3, -0.25) is 0 Å². The van der Waals surface area contributed by atoms with E-state index in [0.29, 0.717) is 0 Å². The lowest BCUT2D eigenvalue weighted by Gasteiger charge is -2.27. The topological polar surface area (TPSA) is 47.3 Å². The summed E-state index contributed by atoms with van der Waals surface area (Å²) in [4.78, 5) is 4.43. The van der Waals surface area contributed by atoms with Crippen molar-refractivity contribution in [3.05, 3.63) is 54.4 Å². The lowest BCUT2D eigenvalue weighted by molar-refractivity contribution is 0.274. The maximum Gasteiger partial charge on any atom is 0.139 e. The van der Waals surface area contributed by atoms with Crippen molar-refractivity contribution in [2.75, 3.05) is 11.9 Å². The fourth-order valence-corrected chi connectivity index (χ4v) is 2.67. The van der Waals surface area contributed by atoms with E-state index in [1.54, 1.807) is 12.5 Å². The fourth-order valence-electron chi connectivity index (χ4n) is 2.67. The summed E-state index contributed by atoms with van der Waals surface area (Å²) >= 11 is 0. The molecule has 0 fully saturated rings. The molecule has 0 amide bonds. The SMILES string of the molecule is c1ccc2c(c1)OCCC2Nc1nccc2occc12. The van der Waals surface area contributed by atoms with Crippen molar-refractivity contribution in [3.63, 3.8) is 0 Å². The van der Waals surface area contributed by atoms with Gasteiger partial charge in [0, 0.05) is 18.2 Å². The predicted octanol–water partition coefficient (Wildman–Crippen LogP) is 3.76. The summed E-state index contributed by atoms with van der Waals surface area (Å²) in [6.45, 7) is 0.718. The molecular weight excluding hydrogens is 252 g/mol. The van der Waals surface area contributed by atoms with E-state index in [1.165, 1.54) is 5.56 Å². The van der Waals surface area contributed by atoms with Crippen LogP contribution in [0.25, 0.3) is 11.0 Å². The summed E-state index contributed by atoms with van der Waals surface area (Å²) in [5.41, 5.74) is 2.03. The largest absolute Gasteiger partial charge is 0.493 e. The van der Waals surface area contributed by atoms with Gasteiger partial charge in [-0.1, -0.05) is 18.2 Å². The van der Waals surface area contributed by atoms with Gasteiger partial charge in [-0.25, -0.2) is 4.98 Å². The average molecular weight is 266 g/mol. The number of rotatable bonds is 2. The second-order valence-corrected chi connectivity index (χ2v) is 4.86. The Morgan fingerprint density at radius 2 is 2.10 bits per heavy atom. The van der Waals surface area contributed by atoms with Crippen LogP contribution < -0.4 is 10.1 Å². The number of fused-ring (bicyclic) bond motifs is 2. The summed E-state index contributed by atoms with van der Waals surface area (Å²) in [6, 6.07) is 12.2. The van der Waals surface area contributed by atoms with E-state index in [0.717, 1.165) is 35.6 Å². The lowest BCUT2D eigenvalue weighted by Crippen LogP contribution is -2.20. The van der Waals surface area contributed by atoms with Crippen molar-refractivity contribution in [1.29, 1.82) is 0 Å². The van der Waals surface area contributed by atoms with Gasteiger partial charge in [-0.05, 0) is 18.2 Å². The Kier molecular flexibility index (Phi) is 2.59. The Balaban J connectivity index is 1.72. The third-order valence-electron chi connectivity index (χ3n) is 3.65. The van der Waals surface area contributed by atoms with Crippen LogP contribution in [0.5, 0.6) is 5.75 Å². The molecule has 0 bridgehead atoms. The van der Waals surface area contributed by atoms with Crippen LogP contribution in [0.1, 0.15) is 18.0 Å². The smallest absolute Gasteiger partial charge is 0.139 e. The number of furan rings is 1. The van der Waals surface area contributed by atoms with Crippen molar-refractivity contribution in [2.45, 2.75) is 12.5 Å². The molecule has 100 valence electrons. The normalized spacial score (nSPS) is 17.5. The molecule has 4 heteroatoms. The van der Waals surface area contributed by atoms with Gasteiger partial charge in [-0.15, -0.1) is 0 Å². The molecule has 1 unspecified atom stereocenters. The van der Waals surface area contributed by atoms with Gasteiger partial charge in [0.2, 0.25) is 0 Å². The zero-order chi connectivity index (χ0) is 13.4. The number of ether oxygens (including phenoxy) is 1. The van der Waals surface area contributed by atoms with Crippen molar-refractivity contribution in [1.82, 2.24) is 4.98 Å². The molecule has 0 radical (unpaired) electrons. The van der Waals surface area contributed by atoms with Gasteiger partial charge in [0.05, 0.1) is 24.3 Å². The van der Waals surface area contributed by atoms with Crippen LogP contribution in [0.3, 0.4) is 0 Å². The summed E-state index contributed by atoms with van der Waals surface area (Å²) in [7, 11) is 0. The fraction of sp³-hybridized carbons (Fsp3) is 0.188. The highest BCUT2D eigenvalue weighted by Gasteiger charge is 2.21. The first-order valence-electron chi connectivity index (χ1n) is 6.72. The van der Waals surface area contributed by atoms with Gasteiger partial charge in [0.25, 0.3) is 0 Å². The van der Waals surface area contributed by atoms with Gasteiger partial charge in [0.1, 0.15) is 17.2 Å². The summed E-state index contributed by atoms with van der Waals surface area (Å²) in [6.07, 6.45) is 4.38. The number of nitrogens with one attached hydrogen (secondary N) is 1. The number of pyridine rings is 1. The van der Waals surface area contributed by atoms with Crippen LogP contribution in [0.15, 0.2) is 53.3 Å². The predicted molar refractivity (Wildman–Crippen MR) is 76.9 cm³/mol. The van der Waals surface area contributed by atoms with Crippen LogP contribution in [-0.4, -0.2) is 11.6 Å². The first kappa shape index (κ1) is 11.3. The number of nitrogens with zero attached hydrogens (tertiary/aromatic N) is 1. The first-order valence-corrected chi connectivity index (χ1v) is 6.72. The zero-order valence-electron chi connectivity index (χ0n) is 10.9. The number of benzene rings is 1. The molecule has 1 aromatic carbocycles. The zero-order valence-corrected chi connectivity index (χ0v) is 10.9. The van der Waals surface area contributed by atoms with Gasteiger partial charge < -0.3 is 14.5 Å². The number of anilines is 1. The molecule has 3 aromatic rings. The molecule has 4 rings (SSSR count). The highest BCUT2D eigenvalue weighted by molar-refractivity contribution is 5.88.